The summed E-state index contributed by atoms with van der Waals surface area (Å²) in [6.07, 6.45) is 6.48. The van der Waals surface area contributed by atoms with E-state index in [2.05, 4.69) is 38.0 Å². The van der Waals surface area contributed by atoms with Crippen molar-refractivity contribution in [1.82, 2.24) is 10.2 Å². The predicted molar refractivity (Wildman–Crippen MR) is 85.1 cm³/mol. The Morgan fingerprint density at radius 3 is 2.55 bits per heavy atom. The highest BCUT2D eigenvalue weighted by Crippen LogP contribution is 2.39. The number of rotatable bonds is 5. The first kappa shape index (κ1) is 16.3. The standard InChI is InChI=1S/C17H34N2O/c1-5-18-16-6-9-17(2,3)12-14(16)13-19(4)15-7-10-20-11-8-15/h14-16,18H,5-13H2,1-4H3. The summed E-state index contributed by atoms with van der Waals surface area (Å²) in [6.45, 7) is 11.4. The van der Waals surface area contributed by atoms with Gasteiger partial charge in [-0.25, -0.2) is 0 Å². The smallest absolute Gasteiger partial charge is 0.0480 e. The van der Waals surface area contributed by atoms with Crippen molar-refractivity contribution >= 4 is 0 Å². The summed E-state index contributed by atoms with van der Waals surface area (Å²) >= 11 is 0. The molecule has 1 aliphatic heterocycles. The van der Waals surface area contributed by atoms with Crippen molar-refractivity contribution in [2.75, 3.05) is 33.4 Å². The second-order valence-corrected chi connectivity index (χ2v) is 7.61. The average Bonchev–Trinajstić information content (AvgIpc) is 2.42. The van der Waals surface area contributed by atoms with Crippen molar-refractivity contribution in [3.8, 4) is 0 Å². The molecule has 2 fully saturated rings. The van der Waals surface area contributed by atoms with Gasteiger partial charge in [-0.05, 0) is 57.0 Å². The number of nitrogens with zero attached hydrogens (tertiary/aromatic N) is 1. The van der Waals surface area contributed by atoms with Gasteiger partial charge in [-0.15, -0.1) is 0 Å². The molecule has 0 aromatic heterocycles. The minimum Gasteiger partial charge on any atom is -0.381 e. The number of ether oxygens (including phenoxy) is 1. The Kier molecular flexibility index (Phi) is 5.88. The molecule has 1 heterocycles. The molecule has 0 spiro atoms. The van der Waals surface area contributed by atoms with Crippen LogP contribution in [0.15, 0.2) is 0 Å². The Hall–Kier alpha value is -0.120. The van der Waals surface area contributed by atoms with Gasteiger partial charge in [-0.1, -0.05) is 20.8 Å². The van der Waals surface area contributed by atoms with Crippen LogP contribution in [0.4, 0.5) is 0 Å². The Labute approximate surface area is 125 Å². The summed E-state index contributed by atoms with van der Waals surface area (Å²) in [7, 11) is 2.32. The Morgan fingerprint density at radius 1 is 1.20 bits per heavy atom. The quantitative estimate of drug-likeness (QED) is 0.839. The molecule has 3 nitrogen and oxygen atoms in total. The van der Waals surface area contributed by atoms with E-state index in [-0.39, 0.29) is 0 Å². The van der Waals surface area contributed by atoms with Crippen LogP contribution in [0, 0.1) is 11.3 Å². The highest BCUT2D eigenvalue weighted by molar-refractivity contribution is 4.90. The lowest BCUT2D eigenvalue weighted by Gasteiger charge is -2.44. The summed E-state index contributed by atoms with van der Waals surface area (Å²) in [6, 6.07) is 1.45. The largest absolute Gasteiger partial charge is 0.381 e. The lowest BCUT2D eigenvalue weighted by atomic mass is 9.69. The molecule has 2 unspecified atom stereocenters. The number of nitrogens with one attached hydrogen (secondary N) is 1. The van der Waals surface area contributed by atoms with Gasteiger partial charge in [0.2, 0.25) is 0 Å². The third-order valence-electron chi connectivity index (χ3n) is 5.32. The van der Waals surface area contributed by atoms with Crippen molar-refractivity contribution in [2.45, 2.75) is 65.0 Å². The maximum atomic E-state index is 5.49. The Bertz CT molecular complexity index is 287. The molecule has 0 aromatic rings. The van der Waals surface area contributed by atoms with E-state index >= 15 is 0 Å². The second-order valence-electron chi connectivity index (χ2n) is 7.61. The first-order valence-corrected chi connectivity index (χ1v) is 8.53. The highest BCUT2D eigenvalue weighted by atomic mass is 16.5. The first-order chi connectivity index (χ1) is 9.52. The summed E-state index contributed by atoms with van der Waals surface area (Å²) in [5, 5.41) is 3.73. The van der Waals surface area contributed by atoms with Gasteiger partial charge in [-0.3, -0.25) is 0 Å². The average molecular weight is 282 g/mol. The number of hydrogen-bond acceptors (Lipinski definition) is 3. The van der Waals surface area contributed by atoms with E-state index in [4.69, 9.17) is 4.74 Å². The summed E-state index contributed by atoms with van der Waals surface area (Å²) in [4.78, 5) is 2.61. The van der Waals surface area contributed by atoms with Gasteiger partial charge in [0, 0.05) is 31.8 Å². The molecule has 3 heteroatoms. The minimum atomic E-state index is 0.521. The SMILES string of the molecule is CCNC1CCC(C)(C)CC1CN(C)C1CCOCC1. The molecular weight excluding hydrogens is 248 g/mol. The molecule has 0 bridgehead atoms. The van der Waals surface area contributed by atoms with E-state index in [1.807, 2.05) is 0 Å². The van der Waals surface area contributed by atoms with Crippen LogP contribution >= 0.6 is 0 Å². The van der Waals surface area contributed by atoms with Crippen LogP contribution in [0.2, 0.25) is 0 Å². The molecule has 2 rings (SSSR count). The maximum absolute atomic E-state index is 5.49. The fourth-order valence-electron chi connectivity index (χ4n) is 4.10. The molecular formula is C17H34N2O. The van der Waals surface area contributed by atoms with Gasteiger partial charge in [0.1, 0.15) is 0 Å². The normalized spacial score (nSPS) is 31.6. The minimum absolute atomic E-state index is 0.521. The monoisotopic (exact) mass is 282 g/mol. The second kappa shape index (κ2) is 7.24. The van der Waals surface area contributed by atoms with E-state index in [1.165, 1.54) is 38.6 Å². The topological polar surface area (TPSA) is 24.5 Å². The molecule has 1 N–H and O–H groups in total. The predicted octanol–water partition coefficient (Wildman–Crippen LogP) is 2.90. The zero-order valence-corrected chi connectivity index (χ0v) is 14.0. The van der Waals surface area contributed by atoms with Crippen LogP contribution in [0.25, 0.3) is 0 Å². The molecule has 1 saturated carbocycles. The van der Waals surface area contributed by atoms with Crippen LogP contribution in [0.3, 0.4) is 0 Å². The van der Waals surface area contributed by atoms with Crippen LogP contribution < -0.4 is 5.32 Å². The van der Waals surface area contributed by atoms with Gasteiger partial charge in [0.05, 0.1) is 0 Å². The fourth-order valence-corrected chi connectivity index (χ4v) is 4.10. The molecule has 20 heavy (non-hydrogen) atoms. The summed E-state index contributed by atoms with van der Waals surface area (Å²) < 4.78 is 5.49. The molecule has 2 atom stereocenters. The number of hydrogen-bond donors (Lipinski definition) is 1. The highest BCUT2D eigenvalue weighted by Gasteiger charge is 2.35. The molecule has 118 valence electrons. The fraction of sp³-hybridized carbons (Fsp3) is 1.00. The van der Waals surface area contributed by atoms with Gasteiger partial charge in [0.25, 0.3) is 0 Å². The van der Waals surface area contributed by atoms with E-state index in [1.54, 1.807) is 0 Å². The van der Waals surface area contributed by atoms with Gasteiger partial charge in [0.15, 0.2) is 0 Å². The van der Waals surface area contributed by atoms with Crippen molar-refractivity contribution in [1.29, 1.82) is 0 Å². The molecule has 0 aromatic carbocycles. The van der Waals surface area contributed by atoms with Crippen LogP contribution in [0.1, 0.15) is 52.9 Å². The molecule has 2 aliphatic rings. The van der Waals surface area contributed by atoms with E-state index < -0.39 is 0 Å². The van der Waals surface area contributed by atoms with Crippen molar-refractivity contribution in [3.05, 3.63) is 0 Å². The van der Waals surface area contributed by atoms with E-state index in [0.717, 1.165) is 37.8 Å². The van der Waals surface area contributed by atoms with Gasteiger partial charge in [-0.2, -0.15) is 0 Å². The van der Waals surface area contributed by atoms with Crippen molar-refractivity contribution in [2.24, 2.45) is 11.3 Å². The van der Waals surface area contributed by atoms with E-state index in [0.29, 0.717) is 5.41 Å². The summed E-state index contributed by atoms with van der Waals surface area (Å²) in [5.74, 6) is 0.798. The lowest BCUT2D eigenvalue weighted by Crippen LogP contribution is -2.49. The lowest BCUT2D eigenvalue weighted by molar-refractivity contribution is 0.0265. The van der Waals surface area contributed by atoms with Gasteiger partial charge >= 0.3 is 0 Å². The molecule has 1 aliphatic carbocycles. The van der Waals surface area contributed by atoms with Crippen molar-refractivity contribution in [3.63, 3.8) is 0 Å². The Morgan fingerprint density at radius 2 is 1.90 bits per heavy atom. The third kappa shape index (κ3) is 4.44. The maximum Gasteiger partial charge on any atom is 0.0480 e. The third-order valence-corrected chi connectivity index (χ3v) is 5.32. The summed E-state index contributed by atoms with van der Waals surface area (Å²) in [5.41, 5.74) is 0.521. The van der Waals surface area contributed by atoms with E-state index in [9.17, 15) is 0 Å². The van der Waals surface area contributed by atoms with Crippen molar-refractivity contribution < 1.29 is 4.74 Å². The molecule has 0 radical (unpaired) electrons. The Balaban J connectivity index is 1.91. The molecule has 1 saturated heterocycles. The zero-order chi connectivity index (χ0) is 14.6. The zero-order valence-electron chi connectivity index (χ0n) is 14.0. The van der Waals surface area contributed by atoms with Crippen LogP contribution in [0.5, 0.6) is 0 Å². The first-order valence-electron chi connectivity index (χ1n) is 8.53. The van der Waals surface area contributed by atoms with Crippen LogP contribution in [-0.4, -0.2) is 50.3 Å². The van der Waals surface area contributed by atoms with Crippen LogP contribution in [-0.2, 0) is 4.74 Å². The van der Waals surface area contributed by atoms with Gasteiger partial charge < -0.3 is 15.0 Å². The molecule has 0 amide bonds.